The Morgan fingerprint density at radius 1 is 1.13 bits per heavy atom. The normalized spacial score (nSPS) is 14.9. The number of alkyl halides is 3. The van der Waals surface area contributed by atoms with Gasteiger partial charge in [-0.15, -0.1) is 0 Å². The second kappa shape index (κ2) is 9.64. The number of rotatable bonds is 11. The second-order valence-corrected chi connectivity index (χ2v) is 8.68. The van der Waals surface area contributed by atoms with Gasteiger partial charge in [0.15, 0.2) is 0 Å². The Morgan fingerprint density at radius 2 is 1.83 bits per heavy atom. The number of thioether (sulfide) groups is 1. The van der Waals surface area contributed by atoms with Gasteiger partial charge in [0.2, 0.25) is 0 Å². The van der Waals surface area contributed by atoms with Gasteiger partial charge in [-0.2, -0.15) is 13.2 Å². The van der Waals surface area contributed by atoms with E-state index in [1.54, 1.807) is 30.3 Å². The van der Waals surface area contributed by atoms with Gasteiger partial charge in [-0.05, 0) is 73.2 Å². The summed E-state index contributed by atoms with van der Waals surface area (Å²) in [6, 6.07) is 13.6. The molecule has 2 aromatic rings. The number of halogens is 3. The van der Waals surface area contributed by atoms with Crippen molar-refractivity contribution in [2.75, 3.05) is 11.9 Å². The van der Waals surface area contributed by atoms with Crippen molar-refractivity contribution in [3.63, 3.8) is 0 Å². The molecule has 1 aliphatic rings. The van der Waals surface area contributed by atoms with Gasteiger partial charge in [-0.3, -0.25) is 4.79 Å². The van der Waals surface area contributed by atoms with Gasteiger partial charge in [0, 0.05) is 22.7 Å². The SMILES string of the molecule is O=C(O)CC1(CCCNc2ccc(OCc3ccccc3SC(F)(F)F)cc2)CC1. The van der Waals surface area contributed by atoms with Crippen LogP contribution in [-0.2, 0) is 11.4 Å². The fraction of sp³-hybridized carbons (Fsp3) is 0.409. The van der Waals surface area contributed by atoms with Crippen LogP contribution in [0.1, 0.15) is 37.7 Å². The standard InChI is InChI=1S/C22H24F3NO3S/c23-22(24,25)30-19-5-2-1-4-16(19)15-29-18-8-6-17(7-9-18)26-13-3-10-21(11-12-21)14-20(27)28/h1-2,4-9,26H,3,10-15H2,(H,27,28). The molecule has 0 unspecified atom stereocenters. The predicted octanol–water partition coefficient (Wildman–Crippen LogP) is 6.32. The van der Waals surface area contributed by atoms with Gasteiger partial charge < -0.3 is 15.2 Å². The van der Waals surface area contributed by atoms with Crippen molar-refractivity contribution in [2.24, 2.45) is 5.41 Å². The van der Waals surface area contributed by atoms with Crippen LogP contribution in [0.15, 0.2) is 53.4 Å². The maximum Gasteiger partial charge on any atom is 0.446 e. The van der Waals surface area contributed by atoms with Gasteiger partial charge in [-0.1, -0.05) is 18.2 Å². The lowest BCUT2D eigenvalue weighted by atomic mass is 9.96. The number of carbonyl (C=O) groups is 1. The van der Waals surface area contributed by atoms with E-state index < -0.39 is 11.5 Å². The fourth-order valence-electron chi connectivity index (χ4n) is 3.39. The highest BCUT2D eigenvalue weighted by Gasteiger charge is 2.43. The smallest absolute Gasteiger partial charge is 0.446 e. The molecule has 0 amide bonds. The number of carboxylic acid groups (broad SMARTS) is 1. The van der Waals surface area contributed by atoms with Crippen molar-refractivity contribution in [1.29, 1.82) is 0 Å². The molecule has 0 atom stereocenters. The molecule has 2 aromatic carbocycles. The number of hydrogen-bond acceptors (Lipinski definition) is 4. The molecule has 2 N–H and O–H groups in total. The van der Waals surface area contributed by atoms with E-state index in [1.165, 1.54) is 6.07 Å². The minimum Gasteiger partial charge on any atom is -0.489 e. The number of nitrogens with one attached hydrogen (secondary N) is 1. The second-order valence-electron chi connectivity index (χ2n) is 7.57. The van der Waals surface area contributed by atoms with E-state index in [1.807, 2.05) is 12.1 Å². The zero-order valence-electron chi connectivity index (χ0n) is 16.4. The van der Waals surface area contributed by atoms with E-state index in [-0.39, 0.29) is 35.1 Å². The van der Waals surface area contributed by atoms with E-state index >= 15 is 0 Å². The summed E-state index contributed by atoms with van der Waals surface area (Å²) in [5.41, 5.74) is -2.93. The van der Waals surface area contributed by atoms with Crippen molar-refractivity contribution >= 4 is 23.4 Å². The van der Waals surface area contributed by atoms with Gasteiger partial charge in [0.05, 0.1) is 6.42 Å². The topological polar surface area (TPSA) is 58.6 Å². The van der Waals surface area contributed by atoms with Crippen LogP contribution in [-0.4, -0.2) is 23.1 Å². The Labute approximate surface area is 177 Å². The zero-order valence-corrected chi connectivity index (χ0v) is 17.2. The highest BCUT2D eigenvalue weighted by Crippen LogP contribution is 2.52. The molecular weight excluding hydrogens is 415 g/mol. The van der Waals surface area contributed by atoms with Crippen LogP contribution < -0.4 is 10.1 Å². The Hall–Kier alpha value is -2.35. The summed E-state index contributed by atoms with van der Waals surface area (Å²) in [6.07, 6.45) is 4.05. The van der Waals surface area contributed by atoms with Crippen molar-refractivity contribution < 1.29 is 27.8 Å². The zero-order chi connectivity index (χ0) is 21.6. The quantitative estimate of drug-likeness (QED) is 0.317. The Balaban J connectivity index is 1.44. The lowest BCUT2D eigenvalue weighted by molar-refractivity contribution is -0.138. The number of anilines is 1. The van der Waals surface area contributed by atoms with Crippen LogP contribution in [0.4, 0.5) is 18.9 Å². The third-order valence-electron chi connectivity index (χ3n) is 5.14. The summed E-state index contributed by atoms with van der Waals surface area (Å²) in [7, 11) is 0. The molecule has 0 bridgehead atoms. The molecule has 0 spiro atoms. The fourth-order valence-corrected chi connectivity index (χ4v) is 4.04. The van der Waals surface area contributed by atoms with Crippen molar-refractivity contribution in [2.45, 2.75) is 49.1 Å². The predicted molar refractivity (Wildman–Crippen MR) is 111 cm³/mol. The molecule has 30 heavy (non-hydrogen) atoms. The van der Waals surface area contributed by atoms with E-state index in [2.05, 4.69) is 5.32 Å². The van der Waals surface area contributed by atoms with E-state index in [9.17, 15) is 18.0 Å². The third kappa shape index (κ3) is 7.16. The first kappa shape index (κ1) is 22.3. The molecular formula is C22H24F3NO3S. The summed E-state index contributed by atoms with van der Waals surface area (Å²) in [6.45, 7) is 0.807. The highest BCUT2D eigenvalue weighted by atomic mass is 32.2. The van der Waals surface area contributed by atoms with Crippen LogP contribution in [0.3, 0.4) is 0 Å². The summed E-state index contributed by atoms with van der Waals surface area (Å²) in [5, 5.41) is 12.3. The van der Waals surface area contributed by atoms with Crippen molar-refractivity contribution in [1.82, 2.24) is 0 Å². The average molecular weight is 439 g/mol. The monoisotopic (exact) mass is 439 g/mol. The van der Waals surface area contributed by atoms with Crippen LogP contribution in [0, 0.1) is 5.41 Å². The summed E-state index contributed by atoms with van der Waals surface area (Å²) < 4.78 is 43.7. The lowest BCUT2D eigenvalue weighted by Crippen LogP contribution is -2.11. The molecule has 1 fully saturated rings. The van der Waals surface area contributed by atoms with Crippen LogP contribution >= 0.6 is 11.8 Å². The number of benzene rings is 2. The molecule has 0 aromatic heterocycles. The Bertz CT molecular complexity index is 851. The lowest BCUT2D eigenvalue weighted by Gasteiger charge is -2.14. The number of aliphatic carboxylic acids is 1. The van der Waals surface area contributed by atoms with Gasteiger partial charge in [-0.25, -0.2) is 0 Å². The number of carboxylic acids is 1. The Morgan fingerprint density at radius 3 is 2.47 bits per heavy atom. The first-order chi connectivity index (χ1) is 14.2. The van der Waals surface area contributed by atoms with E-state index in [4.69, 9.17) is 9.84 Å². The first-order valence-corrected chi connectivity index (χ1v) is 10.6. The summed E-state index contributed by atoms with van der Waals surface area (Å²) in [5.74, 6) is -0.151. The van der Waals surface area contributed by atoms with Gasteiger partial charge >= 0.3 is 11.5 Å². The van der Waals surface area contributed by atoms with Gasteiger partial charge in [0.1, 0.15) is 12.4 Å². The minimum absolute atomic E-state index is 0.00586. The first-order valence-electron chi connectivity index (χ1n) is 9.77. The number of ether oxygens (including phenoxy) is 1. The highest BCUT2D eigenvalue weighted by molar-refractivity contribution is 8.00. The summed E-state index contributed by atoms with van der Waals surface area (Å²) >= 11 is -0.137. The van der Waals surface area contributed by atoms with Crippen LogP contribution in [0.5, 0.6) is 5.75 Å². The molecule has 1 saturated carbocycles. The maximum atomic E-state index is 12.7. The van der Waals surface area contributed by atoms with Crippen molar-refractivity contribution in [3.8, 4) is 5.75 Å². The molecule has 8 heteroatoms. The molecule has 0 saturated heterocycles. The minimum atomic E-state index is -4.34. The summed E-state index contributed by atoms with van der Waals surface area (Å²) in [4.78, 5) is 11.0. The molecule has 0 radical (unpaired) electrons. The molecule has 4 nitrogen and oxygen atoms in total. The van der Waals surface area contributed by atoms with Crippen LogP contribution in [0.2, 0.25) is 0 Å². The third-order valence-corrected chi connectivity index (χ3v) is 5.99. The number of hydrogen-bond donors (Lipinski definition) is 2. The molecule has 0 heterocycles. The van der Waals surface area contributed by atoms with Gasteiger partial charge in [0.25, 0.3) is 0 Å². The molecule has 1 aliphatic carbocycles. The molecule has 0 aliphatic heterocycles. The van der Waals surface area contributed by atoms with E-state index in [0.717, 1.165) is 37.9 Å². The average Bonchev–Trinajstić information content (AvgIpc) is 3.43. The van der Waals surface area contributed by atoms with E-state index in [0.29, 0.717) is 11.3 Å². The Kier molecular flexibility index (Phi) is 7.18. The van der Waals surface area contributed by atoms with Crippen LogP contribution in [0.25, 0.3) is 0 Å². The molecule has 162 valence electrons. The largest absolute Gasteiger partial charge is 0.489 e. The molecule has 3 rings (SSSR count). The van der Waals surface area contributed by atoms with Crippen molar-refractivity contribution in [3.05, 3.63) is 54.1 Å². The maximum absolute atomic E-state index is 12.7.